The molecule has 1 saturated heterocycles. The highest BCUT2D eigenvalue weighted by Crippen LogP contribution is 2.41. The summed E-state index contributed by atoms with van der Waals surface area (Å²) in [7, 11) is 1.60. The zero-order valence-electron chi connectivity index (χ0n) is 22.0. The van der Waals surface area contributed by atoms with E-state index in [9.17, 15) is 9.59 Å². The fraction of sp³-hybridized carbons (Fsp3) is 0.357. The fourth-order valence-electron chi connectivity index (χ4n) is 5.21. The van der Waals surface area contributed by atoms with E-state index in [-0.39, 0.29) is 29.2 Å². The largest absolute Gasteiger partial charge is 0.425 e. The Hall–Kier alpha value is -3.89. The van der Waals surface area contributed by atoms with Crippen LogP contribution in [0, 0.1) is 0 Å². The summed E-state index contributed by atoms with van der Waals surface area (Å²) < 4.78 is 14.7. The number of ether oxygens (including phenoxy) is 2. The molecule has 39 heavy (non-hydrogen) atoms. The molecule has 1 atom stereocenters. The van der Waals surface area contributed by atoms with Gasteiger partial charge >= 0.3 is 12.0 Å². The summed E-state index contributed by atoms with van der Waals surface area (Å²) in [5.41, 5.74) is 7.49. The molecule has 2 aliphatic heterocycles. The molecule has 6 rings (SSSR count). The number of piperidine rings is 1. The molecule has 0 amide bonds. The Morgan fingerprint density at radius 1 is 1.18 bits per heavy atom. The van der Waals surface area contributed by atoms with Gasteiger partial charge in [-0.25, -0.2) is 0 Å². The summed E-state index contributed by atoms with van der Waals surface area (Å²) >= 11 is 6.49. The van der Waals surface area contributed by atoms with E-state index in [2.05, 4.69) is 9.88 Å². The number of halogens is 1. The van der Waals surface area contributed by atoms with Crippen LogP contribution in [0.25, 0.3) is 11.2 Å². The highest BCUT2D eigenvalue weighted by molar-refractivity contribution is 6.31. The van der Waals surface area contributed by atoms with Crippen LogP contribution in [0.15, 0.2) is 47.3 Å². The van der Waals surface area contributed by atoms with Crippen LogP contribution < -0.4 is 25.7 Å². The number of esters is 1. The molecule has 0 saturated carbocycles. The van der Waals surface area contributed by atoms with Gasteiger partial charge in [-0.15, -0.1) is 0 Å². The molecule has 4 heterocycles. The van der Waals surface area contributed by atoms with Crippen molar-refractivity contribution in [1.29, 1.82) is 0 Å². The number of rotatable bonds is 5. The Balaban J connectivity index is 1.44. The predicted molar refractivity (Wildman–Crippen MR) is 148 cm³/mol. The molecule has 1 fully saturated rings. The Kier molecular flexibility index (Phi) is 6.11. The van der Waals surface area contributed by atoms with Gasteiger partial charge in [-0.3, -0.25) is 18.7 Å². The number of hydrogen-bond donors (Lipinski definition) is 1. The molecule has 11 heteroatoms. The third-order valence-corrected chi connectivity index (χ3v) is 7.87. The SMILES string of the molecule is Cn1c(Oc2ccc3c(c2)OC(=O)C3(C)C)nc2nc(N3CCC[C@@H](N)C3)n(Cc3ccccc3Cl)c2c1=O. The Morgan fingerprint density at radius 2 is 1.97 bits per heavy atom. The minimum absolute atomic E-state index is 0.0147. The number of benzene rings is 2. The number of nitrogens with two attached hydrogens (primary N) is 1. The van der Waals surface area contributed by atoms with Gasteiger partial charge in [0.05, 0.1) is 12.0 Å². The number of fused-ring (bicyclic) bond motifs is 2. The van der Waals surface area contributed by atoms with Gasteiger partial charge < -0.3 is 20.1 Å². The molecule has 2 aliphatic rings. The smallest absolute Gasteiger partial charge is 0.321 e. The van der Waals surface area contributed by atoms with E-state index < -0.39 is 5.41 Å². The second kappa shape index (κ2) is 9.39. The van der Waals surface area contributed by atoms with Gasteiger partial charge in [0.15, 0.2) is 11.2 Å². The van der Waals surface area contributed by atoms with E-state index in [0.29, 0.717) is 41.1 Å². The van der Waals surface area contributed by atoms with E-state index in [1.165, 1.54) is 4.57 Å². The summed E-state index contributed by atoms with van der Waals surface area (Å²) in [4.78, 5) is 37.5. The molecule has 0 spiro atoms. The van der Waals surface area contributed by atoms with Crippen molar-refractivity contribution in [1.82, 2.24) is 19.1 Å². The maximum atomic E-state index is 13.7. The lowest BCUT2D eigenvalue weighted by Gasteiger charge is -2.31. The summed E-state index contributed by atoms with van der Waals surface area (Å²) in [6.45, 7) is 5.37. The molecular formula is C28H29ClN6O4. The molecule has 4 aromatic rings. The van der Waals surface area contributed by atoms with Crippen molar-refractivity contribution in [3.63, 3.8) is 0 Å². The molecule has 2 aromatic heterocycles. The maximum Gasteiger partial charge on any atom is 0.321 e. The second-order valence-corrected chi connectivity index (χ2v) is 11.1. The summed E-state index contributed by atoms with van der Waals surface area (Å²) in [5.74, 6) is 1.12. The van der Waals surface area contributed by atoms with Crippen molar-refractivity contribution in [2.24, 2.45) is 12.8 Å². The minimum Gasteiger partial charge on any atom is -0.425 e. The highest BCUT2D eigenvalue weighted by atomic mass is 35.5. The monoisotopic (exact) mass is 548 g/mol. The Labute approximate surface area is 229 Å². The number of aromatic nitrogens is 4. The first-order chi connectivity index (χ1) is 18.6. The van der Waals surface area contributed by atoms with Gasteiger partial charge in [0.2, 0.25) is 5.95 Å². The van der Waals surface area contributed by atoms with Gasteiger partial charge in [0.25, 0.3) is 5.56 Å². The van der Waals surface area contributed by atoms with E-state index >= 15 is 0 Å². The highest BCUT2D eigenvalue weighted by Gasteiger charge is 2.41. The van der Waals surface area contributed by atoms with Crippen molar-refractivity contribution in [3.05, 3.63) is 69.0 Å². The molecule has 0 radical (unpaired) electrons. The first kappa shape index (κ1) is 25.4. The van der Waals surface area contributed by atoms with Crippen molar-refractivity contribution in [3.8, 4) is 17.5 Å². The molecule has 0 unspecified atom stereocenters. The number of carbonyl (C=O) groups excluding carboxylic acids is 1. The quantitative estimate of drug-likeness (QED) is 0.296. The Bertz CT molecular complexity index is 1680. The van der Waals surface area contributed by atoms with Crippen LogP contribution in [-0.4, -0.2) is 44.2 Å². The molecule has 0 aliphatic carbocycles. The normalized spacial score (nSPS) is 18.3. The van der Waals surface area contributed by atoms with E-state index in [4.69, 9.17) is 31.8 Å². The first-order valence-electron chi connectivity index (χ1n) is 12.9. The number of imidazole rings is 1. The lowest BCUT2D eigenvalue weighted by atomic mass is 9.86. The van der Waals surface area contributed by atoms with Crippen molar-refractivity contribution >= 4 is 34.7 Å². The molecule has 0 bridgehead atoms. The minimum atomic E-state index is -0.736. The first-order valence-corrected chi connectivity index (χ1v) is 13.3. The fourth-order valence-corrected chi connectivity index (χ4v) is 5.41. The number of nitrogens with zero attached hydrogens (tertiary/aromatic N) is 5. The topological polar surface area (TPSA) is 118 Å². The van der Waals surface area contributed by atoms with Gasteiger partial charge in [-0.1, -0.05) is 35.9 Å². The van der Waals surface area contributed by atoms with Gasteiger partial charge in [0, 0.05) is 42.8 Å². The number of carbonyl (C=O) groups is 1. The third-order valence-electron chi connectivity index (χ3n) is 7.50. The van der Waals surface area contributed by atoms with E-state index in [1.54, 1.807) is 25.2 Å². The van der Waals surface area contributed by atoms with E-state index in [1.807, 2.05) is 42.7 Å². The van der Waals surface area contributed by atoms with Crippen LogP contribution >= 0.6 is 11.6 Å². The molecule has 2 N–H and O–H groups in total. The average molecular weight is 549 g/mol. The lowest BCUT2D eigenvalue weighted by Crippen LogP contribution is -2.44. The van der Waals surface area contributed by atoms with Crippen LogP contribution in [0.4, 0.5) is 5.95 Å². The second-order valence-electron chi connectivity index (χ2n) is 10.6. The summed E-state index contributed by atoms with van der Waals surface area (Å²) in [6, 6.07) is 12.8. The van der Waals surface area contributed by atoms with Gasteiger partial charge in [-0.05, 0) is 44.4 Å². The van der Waals surface area contributed by atoms with Crippen LogP contribution in [0.5, 0.6) is 17.5 Å². The zero-order chi connectivity index (χ0) is 27.5. The lowest BCUT2D eigenvalue weighted by molar-refractivity contribution is -0.137. The van der Waals surface area contributed by atoms with Crippen LogP contribution in [0.2, 0.25) is 5.02 Å². The standard InChI is InChI=1S/C28H29ClN6O4/c1-28(2)19-11-10-18(13-21(19)39-25(28)37)38-27-32-23-22(24(36)33(27)3)35(14-16-7-4-5-9-20(16)29)26(31-23)34-12-6-8-17(30)15-34/h4-5,7,9-11,13,17H,6,8,12,14-15,30H2,1-3H3/t17-/m1/s1. The molecular weight excluding hydrogens is 520 g/mol. The predicted octanol–water partition coefficient (Wildman–Crippen LogP) is 3.75. The van der Waals surface area contributed by atoms with Crippen LogP contribution in [0.3, 0.4) is 0 Å². The van der Waals surface area contributed by atoms with Crippen LogP contribution in [0.1, 0.15) is 37.8 Å². The molecule has 202 valence electrons. The van der Waals surface area contributed by atoms with Crippen molar-refractivity contribution < 1.29 is 14.3 Å². The zero-order valence-corrected chi connectivity index (χ0v) is 22.7. The molecule has 2 aromatic carbocycles. The maximum absolute atomic E-state index is 13.7. The molecule has 10 nitrogen and oxygen atoms in total. The van der Waals surface area contributed by atoms with Crippen molar-refractivity contribution in [2.45, 2.75) is 44.7 Å². The summed E-state index contributed by atoms with van der Waals surface area (Å²) in [5, 5.41) is 0.603. The van der Waals surface area contributed by atoms with Crippen LogP contribution in [-0.2, 0) is 23.8 Å². The van der Waals surface area contributed by atoms with Crippen molar-refractivity contribution in [2.75, 3.05) is 18.0 Å². The van der Waals surface area contributed by atoms with Gasteiger partial charge in [0.1, 0.15) is 11.5 Å². The van der Waals surface area contributed by atoms with Gasteiger partial charge in [-0.2, -0.15) is 9.97 Å². The number of hydrogen-bond acceptors (Lipinski definition) is 8. The Morgan fingerprint density at radius 3 is 2.74 bits per heavy atom. The average Bonchev–Trinajstić information content (AvgIpc) is 3.37. The summed E-state index contributed by atoms with van der Waals surface area (Å²) in [6.07, 6.45) is 1.86. The van der Waals surface area contributed by atoms with E-state index in [0.717, 1.165) is 30.5 Å². The third kappa shape index (κ3) is 4.33. The number of anilines is 1.